The van der Waals surface area contributed by atoms with Crippen molar-refractivity contribution in [3.05, 3.63) is 35.7 Å². The Morgan fingerprint density at radius 3 is 3.05 bits per heavy atom. The zero-order chi connectivity index (χ0) is 14.5. The Morgan fingerprint density at radius 2 is 2.40 bits per heavy atom. The number of ether oxygens (including phenoxy) is 1. The summed E-state index contributed by atoms with van der Waals surface area (Å²) in [5.74, 6) is -0.325. The van der Waals surface area contributed by atoms with E-state index in [1.165, 1.54) is 25.3 Å². The third kappa shape index (κ3) is 3.17. The minimum absolute atomic E-state index is 0.0748. The van der Waals surface area contributed by atoms with E-state index in [4.69, 9.17) is 10.5 Å². The lowest BCUT2D eigenvalue weighted by molar-refractivity contribution is -0.126. The van der Waals surface area contributed by atoms with Gasteiger partial charge in [0.05, 0.1) is 7.11 Å². The van der Waals surface area contributed by atoms with Crippen LogP contribution in [0.4, 0.5) is 4.39 Å². The van der Waals surface area contributed by atoms with Gasteiger partial charge in [-0.15, -0.1) is 0 Å². The quantitative estimate of drug-likeness (QED) is 0.854. The molecule has 1 aromatic carbocycles. The Labute approximate surface area is 118 Å². The highest BCUT2D eigenvalue weighted by Crippen LogP contribution is 2.19. The highest BCUT2D eigenvalue weighted by Gasteiger charge is 2.25. The lowest BCUT2D eigenvalue weighted by atomic mass is 10.2. The Hall–Kier alpha value is -1.88. The first kappa shape index (κ1) is 14.5. The van der Waals surface area contributed by atoms with E-state index >= 15 is 0 Å². The third-order valence-electron chi connectivity index (χ3n) is 3.53. The van der Waals surface area contributed by atoms with Gasteiger partial charge in [0.15, 0.2) is 11.6 Å². The third-order valence-corrected chi connectivity index (χ3v) is 3.53. The number of amides is 1. The summed E-state index contributed by atoms with van der Waals surface area (Å²) in [6.07, 6.45) is 5.01. The van der Waals surface area contributed by atoms with Gasteiger partial charge in [0.1, 0.15) is 0 Å². The minimum Gasteiger partial charge on any atom is -0.494 e. The van der Waals surface area contributed by atoms with Gasteiger partial charge >= 0.3 is 0 Å². The number of nitrogens with zero attached hydrogens (tertiary/aromatic N) is 1. The van der Waals surface area contributed by atoms with Crippen LogP contribution in [0.5, 0.6) is 5.75 Å². The van der Waals surface area contributed by atoms with E-state index in [0.717, 1.165) is 19.4 Å². The van der Waals surface area contributed by atoms with Gasteiger partial charge in [-0.25, -0.2) is 4.39 Å². The number of hydrogen-bond donors (Lipinski definition) is 1. The molecule has 2 rings (SSSR count). The number of carbonyl (C=O) groups is 1. The molecule has 1 saturated heterocycles. The molecule has 1 atom stereocenters. The van der Waals surface area contributed by atoms with Crippen LogP contribution in [-0.2, 0) is 4.79 Å². The van der Waals surface area contributed by atoms with Crippen LogP contribution in [-0.4, -0.2) is 37.0 Å². The van der Waals surface area contributed by atoms with E-state index in [1.54, 1.807) is 17.0 Å². The van der Waals surface area contributed by atoms with E-state index in [9.17, 15) is 9.18 Å². The molecule has 0 spiro atoms. The normalized spacial score (nSPS) is 18.8. The minimum atomic E-state index is -0.442. The smallest absolute Gasteiger partial charge is 0.246 e. The zero-order valence-electron chi connectivity index (χ0n) is 11.5. The first-order chi connectivity index (χ1) is 9.65. The molecule has 1 aliphatic heterocycles. The van der Waals surface area contributed by atoms with E-state index in [1.807, 2.05) is 0 Å². The van der Waals surface area contributed by atoms with Crippen molar-refractivity contribution in [3.8, 4) is 5.75 Å². The first-order valence-corrected chi connectivity index (χ1v) is 6.68. The molecule has 0 saturated carbocycles. The Bertz CT molecular complexity index is 517. The fourth-order valence-electron chi connectivity index (χ4n) is 2.42. The highest BCUT2D eigenvalue weighted by molar-refractivity contribution is 5.92. The average molecular weight is 278 g/mol. The zero-order valence-corrected chi connectivity index (χ0v) is 11.5. The molecule has 1 amide bonds. The van der Waals surface area contributed by atoms with Crippen molar-refractivity contribution in [1.29, 1.82) is 0 Å². The molecule has 1 unspecified atom stereocenters. The van der Waals surface area contributed by atoms with Crippen molar-refractivity contribution < 1.29 is 13.9 Å². The molecule has 0 radical (unpaired) electrons. The van der Waals surface area contributed by atoms with Gasteiger partial charge in [0.25, 0.3) is 0 Å². The fourth-order valence-corrected chi connectivity index (χ4v) is 2.42. The van der Waals surface area contributed by atoms with Crippen LogP contribution in [0, 0.1) is 5.82 Å². The summed E-state index contributed by atoms with van der Waals surface area (Å²) in [6.45, 7) is 1.22. The van der Waals surface area contributed by atoms with Gasteiger partial charge in [-0.3, -0.25) is 4.79 Å². The summed E-state index contributed by atoms with van der Waals surface area (Å²) in [6, 6.07) is 4.71. The second kappa shape index (κ2) is 6.52. The van der Waals surface area contributed by atoms with Crippen molar-refractivity contribution >= 4 is 12.0 Å². The first-order valence-electron chi connectivity index (χ1n) is 6.68. The second-order valence-electron chi connectivity index (χ2n) is 4.79. The highest BCUT2D eigenvalue weighted by atomic mass is 19.1. The van der Waals surface area contributed by atoms with E-state index < -0.39 is 5.82 Å². The Morgan fingerprint density at radius 1 is 1.60 bits per heavy atom. The van der Waals surface area contributed by atoms with E-state index in [-0.39, 0.29) is 17.7 Å². The van der Waals surface area contributed by atoms with Crippen molar-refractivity contribution in [2.45, 2.75) is 18.9 Å². The van der Waals surface area contributed by atoms with Crippen LogP contribution < -0.4 is 10.5 Å². The molecule has 108 valence electrons. The molecule has 1 heterocycles. The van der Waals surface area contributed by atoms with E-state index in [0.29, 0.717) is 12.1 Å². The second-order valence-corrected chi connectivity index (χ2v) is 4.79. The Balaban J connectivity index is 2.05. The number of methoxy groups -OCH3 is 1. The van der Waals surface area contributed by atoms with Gasteiger partial charge < -0.3 is 15.4 Å². The molecule has 0 aliphatic carbocycles. The molecule has 4 nitrogen and oxygen atoms in total. The van der Waals surface area contributed by atoms with Crippen molar-refractivity contribution in [3.63, 3.8) is 0 Å². The number of halogens is 1. The lowest BCUT2D eigenvalue weighted by Gasteiger charge is -2.21. The number of nitrogens with two attached hydrogens (primary N) is 1. The van der Waals surface area contributed by atoms with Crippen LogP contribution in [0.3, 0.4) is 0 Å². The Kier molecular flexibility index (Phi) is 4.74. The number of hydrogen-bond acceptors (Lipinski definition) is 3. The molecule has 1 aliphatic rings. The topological polar surface area (TPSA) is 55.6 Å². The van der Waals surface area contributed by atoms with Crippen molar-refractivity contribution in [2.75, 3.05) is 20.2 Å². The molecule has 2 N–H and O–H groups in total. The van der Waals surface area contributed by atoms with Gasteiger partial charge in [-0.05, 0) is 36.6 Å². The molecule has 20 heavy (non-hydrogen) atoms. The van der Waals surface area contributed by atoms with Gasteiger partial charge in [-0.2, -0.15) is 0 Å². The summed E-state index contributed by atoms with van der Waals surface area (Å²) in [5.41, 5.74) is 6.26. The fraction of sp³-hybridized carbons (Fsp3) is 0.400. The molecule has 1 fully saturated rings. The van der Waals surface area contributed by atoms with Crippen molar-refractivity contribution in [1.82, 2.24) is 4.90 Å². The summed E-state index contributed by atoms with van der Waals surface area (Å²) in [5, 5.41) is 0. The van der Waals surface area contributed by atoms with Gasteiger partial charge in [0.2, 0.25) is 5.91 Å². The maximum Gasteiger partial charge on any atom is 0.246 e. The van der Waals surface area contributed by atoms with E-state index in [2.05, 4.69) is 0 Å². The molecule has 1 aromatic rings. The average Bonchev–Trinajstić information content (AvgIpc) is 2.93. The monoisotopic (exact) mass is 278 g/mol. The molecular weight excluding hydrogens is 259 g/mol. The number of likely N-dealkylation sites (tertiary alicyclic amines) is 1. The molecule has 0 aromatic heterocycles. The molecular formula is C15H19FN2O2. The molecule has 0 bridgehead atoms. The standard InChI is InChI=1S/C15H19FN2O2/c1-20-14-6-4-11(9-13(14)16)5-7-15(19)18-8-2-3-12(18)10-17/h4-7,9,12H,2-3,8,10,17H2,1H3/b7-5+. The largest absolute Gasteiger partial charge is 0.494 e. The number of benzene rings is 1. The van der Waals surface area contributed by atoms with Crippen LogP contribution >= 0.6 is 0 Å². The number of rotatable bonds is 4. The predicted octanol–water partition coefficient (Wildman–Crippen LogP) is 1.80. The predicted molar refractivity (Wildman–Crippen MR) is 75.8 cm³/mol. The molecule has 5 heteroatoms. The maximum atomic E-state index is 13.5. The lowest BCUT2D eigenvalue weighted by Crippen LogP contribution is -2.38. The van der Waals surface area contributed by atoms with Gasteiger partial charge in [-0.1, -0.05) is 6.07 Å². The van der Waals surface area contributed by atoms with Crippen molar-refractivity contribution in [2.24, 2.45) is 5.73 Å². The van der Waals surface area contributed by atoms with Gasteiger partial charge in [0, 0.05) is 25.2 Å². The summed E-state index contributed by atoms with van der Waals surface area (Å²) in [7, 11) is 1.41. The SMILES string of the molecule is COc1ccc(/C=C/C(=O)N2CCCC2CN)cc1F. The van der Waals surface area contributed by atoms with Crippen LogP contribution in [0.1, 0.15) is 18.4 Å². The summed E-state index contributed by atoms with van der Waals surface area (Å²) < 4.78 is 18.4. The maximum absolute atomic E-state index is 13.5. The van der Waals surface area contributed by atoms with Crippen LogP contribution in [0.2, 0.25) is 0 Å². The van der Waals surface area contributed by atoms with Crippen LogP contribution in [0.15, 0.2) is 24.3 Å². The summed E-state index contributed by atoms with van der Waals surface area (Å²) in [4.78, 5) is 13.8. The van der Waals surface area contributed by atoms with Crippen LogP contribution in [0.25, 0.3) is 6.08 Å². The number of carbonyl (C=O) groups excluding carboxylic acids is 1. The summed E-state index contributed by atoms with van der Waals surface area (Å²) >= 11 is 0.